The fourth-order valence-corrected chi connectivity index (χ4v) is 2.40. The van der Waals surface area contributed by atoms with E-state index in [0.717, 1.165) is 29.2 Å². The minimum Gasteiger partial charge on any atom is -0.507 e. The molecule has 0 unspecified atom stereocenters. The average molecular weight is 296 g/mol. The Hall–Kier alpha value is -1.29. The fourth-order valence-electron chi connectivity index (χ4n) is 2.40. The largest absolute Gasteiger partial charge is 0.507 e. The zero-order chi connectivity index (χ0) is 13.8. The molecule has 2 atom stereocenters. The van der Waals surface area contributed by atoms with Crippen molar-refractivity contribution < 1.29 is 10.2 Å². The third-order valence-corrected chi connectivity index (χ3v) is 3.56. The molecular weight excluding hydrogens is 274 g/mol. The van der Waals surface area contributed by atoms with E-state index in [4.69, 9.17) is 5.73 Å². The number of benzene rings is 2. The van der Waals surface area contributed by atoms with Crippen LogP contribution in [0.5, 0.6) is 5.75 Å². The summed E-state index contributed by atoms with van der Waals surface area (Å²) in [5.41, 5.74) is 7.05. The first kappa shape index (κ1) is 16.8. The second-order valence-corrected chi connectivity index (χ2v) is 4.95. The summed E-state index contributed by atoms with van der Waals surface area (Å²) in [6.07, 6.45) is 2.16. The number of rotatable bonds is 5. The molecule has 0 bridgehead atoms. The molecule has 0 heterocycles. The van der Waals surface area contributed by atoms with Gasteiger partial charge in [-0.15, -0.1) is 12.4 Å². The molecule has 0 aliphatic carbocycles. The van der Waals surface area contributed by atoms with Gasteiger partial charge in [-0.25, -0.2) is 0 Å². The molecule has 0 saturated heterocycles. The topological polar surface area (TPSA) is 66.5 Å². The first-order valence-electron chi connectivity index (χ1n) is 6.79. The molecular formula is C16H22ClNO2. The molecule has 2 aromatic rings. The van der Waals surface area contributed by atoms with Gasteiger partial charge in [0.1, 0.15) is 5.75 Å². The molecule has 4 N–H and O–H groups in total. The number of phenolic OH excluding ortho intramolecular Hbond substituents is 1. The number of halogens is 1. The van der Waals surface area contributed by atoms with Crippen molar-refractivity contribution >= 4 is 23.2 Å². The third-order valence-electron chi connectivity index (χ3n) is 3.56. The van der Waals surface area contributed by atoms with Crippen LogP contribution in [-0.4, -0.2) is 16.3 Å². The van der Waals surface area contributed by atoms with Crippen LogP contribution in [0.15, 0.2) is 36.4 Å². The Bertz CT molecular complexity index is 559. The summed E-state index contributed by atoms with van der Waals surface area (Å²) in [6, 6.07) is 10.6. The van der Waals surface area contributed by atoms with Gasteiger partial charge in [0.15, 0.2) is 0 Å². The molecule has 0 radical (unpaired) electrons. The monoisotopic (exact) mass is 295 g/mol. The summed E-state index contributed by atoms with van der Waals surface area (Å²) in [4.78, 5) is 0. The first-order chi connectivity index (χ1) is 9.15. The maximum Gasteiger partial charge on any atom is 0.123 e. The molecule has 110 valence electrons. The number of hydrogen-bond acceptors (Lipinski definition) is 3. The highest BCUT2D eigenvalue weighted by Crippen LogP contribution is 2.31. The Labute approximate surface area is 125 Å². The Kier molecular flexibility index (Phi) is 6.27. The molecule has 4 heteroatoms. The highest BCUT2D eigenvalue weighted by molar-refractivity contribution is 5.91. The smallest absolute Gasteiger partial charge is 0.123 e. The van der Waals surface area contributed by atoms with E-state index < -0.39 is 12.1 Å². The maximum absolute atomic E-state index is 10.1. The minimum atomic E-state index is -0.548. The van der Waals surface area contributed by atoms with Crippen LogP contribution < -0.4 is 5.73 Å². The third kappa shape index (κ3) is 3.42. The van der Waals surface area contributed by atoms with Crippen molar-refractivity contribution in [2.45, 2.75) is 38.3 Å². The van der Waals surface area contributed by atoms with E-state index in [1.54, 1.807) is 12.1 Å². The van der Waals surface area contributed by atoms with E-state index in [1.165, 1.54) is 0 Å². The summed E-state index contributed by atoms with van der Waals surface area (Å²) in [6.45, 7) is 2.09. The second kappa shape index (κ2) is 7.48. The van der Waals surface area contributed by atoms with Crippen LogP contribution in [0.4, 0.5) is 0 Å². The van der Waals surface area contributed by atoms with Crippen LogP contribution in [0, 0.1) is 0 Å². The molecule has 2 aromatic carbocycles. The number of fused-ring (bicyclic) bond motifs is 1. The number of aromatic hydroxyl groups is 1. The van der Waals surface area contributed by atoms with Gasteiger partial charge in [-0.2, -0.15) is 0 Å². The van der Waals surface area contributed by atoms with Crippen LogP contribution in [0.2, 0.25) is 0 Å². The normalized spacial score (nSPS) is 13.8. The highest BCUT2D eigenvalue weighted by Gasteiger charge is 2.19. The number of aliphatic hydroxyl groups is 1. The van der Waals surface area contributed by atoms with Crippen molar-refractivity contribution in [2.24, 2.45) is 5.73 Å². The average Bonchev–Trinajstić information content (AvgIpc) is 2.45. The second-order valence-electron chi connectivity index (χ2n) is 4.95. The summed E-state index contributed by atoms with van der Waals surface area (Å²) in [7, 11) is 0. The Morgan fingerprint density at radius 1 is 1.10 bits per heavy atom. The van der Waals surface area contributed by atoms with Crippen molar-refractivity contribution in [2.75, 3.05) is 0 Å². The first-order valence-corrected chi connectivity index (χ1v) is 6.79. The van der Waals surface area contributed by atoms with Gasteiger partial charge >= 0.3 is 0 Å². The molecule has 0 aromatic heterocycles. The van der Waals surface area contributed by atoms with E-state index in [0.29, 0.717) is 6.42 Å². The van der Waals surface area contributed by atoms with Gasteiger partial charge in [-0.05, 0) is 23.4 Å². The van der Waals surface area contributed by atoms with Crippen LogP contribution in [0.3, 0.4) is 0 Å². The van der Waals surface area contributed by atoms with Gasteiger partial charge in [0.25, 0.3) is 0 Å². The maximum atomic E-state index is 10.1. The van der Waals surface area contributed by atoms with Crippen LogP contribution in [0.1, 0.15) is 37.8 Å². The summed E-state index contributed by atoms with van der Waals surface area (Å²) in [5.74, 6) is 0.245. The van der Waals surface area contributed by atoms with Gasteiger partial charge in [0.05, 0.1) is 12.1 Å². The lowest BCUT2D eigenvalue weighted by atomic mass is 9.93. The summed E-state index contributed by atoms with van der Waals surface area (Å²) >= 11 is 0. The molecule has 2 rings (SSSR count). The van der Waals surface area contributed by atoms with Gasteiger partial charge in [-0.3, -0.25) is 0 Å². The van der Waals surface area contributed by atoms with E-state index >= 15 is 0 Å². The van der Waals surface area contributed by atoms with Crippen LogP contribution in [0.25, 0.3) is 10.8 Å². The van der Waals surface area contributed by atoms with Crippen molar-refractivity contribution in [3.05, 3.63) is 42.0 Å². The molecule has 20 heavy (non-hydrogen) atoms. The Balaban J connectivity index is 0.00000200. The minimum absolute atomic E-state index is 0. The molecule has 0 fully saturated rings. The summed E-state index contributed by atoms with van der Waals surface area (Å²) in [5, 5.41) is 21.7. The van der Waals surface area contributed by atoms with Gasteiger partial charge in [0, 0.05) is 5.39 Å². The van der Waals surface area contributed by atoms with Crippen molar-refractivity contribution in [3.63, 3.8) is 0 Å². The highest BCUT2D eigenvalue weighted by atomic mass is 35.5. The van der Waals surface area contributed by atoms with Crippen LogP contribution >= 0.6 is 12.4 Å². The lowest BCUT2D eigenvalue weighted by Crippen LogP contribution is -2.26. The quantitative estimate of drug-likeness (QED) is 0.790. The number of phenols is 1. The molecule has 0 aliphatic heterocycles. The van der Waals surface area contributed by atoms with E-state index in [-0.39, 0.29) is 18.2 Å². The lowest BCUT2D eigenvalue weighted by Gasteiger charge is -2.21. The summed E-state index contributed by atoms with van der Waals surface area (Å²) < 4.78 is 0. The van der Waals surface area contributed by atoms with E-state index in [9.17, 15) is 10.2 Å². The number of aliphatic hydroxyl groups excluding tert-OH is 1. The van der Waals surface area contributed by atoms with Gasteiger partial charge in [0.2, 0.25) is 0 Å². The van der Waals surface area contributed by atoms with Crippen molar-refractivity contribution in [1.82, 2.24) is 0 Å². The number of unbranched alkanes of at least 4 members (excludes halogenated alkanes) is 1. The molecule has 0 saturated carbocycles. The van der Waals surface area contributed by atoms with E-state index in [2.05, 4.69) is 6.92 Å². The zero-order valence-corrected chi connectivity index (χ0v) is 12.4. The van der Waals surface area contributed by atoms with Crippen LogP contribution in [-0.2, 0) is 0 Å². The van der Waals surface area contributed by atoms with Crippen molar-refractivity contribution in [3.8, 4) is 5.75 Å². The van der Waals surface area contributed by atoms with Gasteiger partial charge < -0.3 is 15.9 Å². The zero-order valence-electron chi connectivity index (χ0n) is 11.6. The number of hydrogen-bond donors (Lipinski definition) is 3. The predicted octanol–water partition coefficient (Wildman–Crippen LogP) is 3.52. The Morgan fingerprint density at radius 3 is 2.40 bits per heavy atom. The Morgan fingerprint density at radius 2 is 1.75 bits per heavy atom. The molecule has 0 spiro atoms. The molecule has 3 nitrogen and oxygen atoms in total. The SMILES string of the molecule is CCCC[C@H](O)[C@H](N)c1ccc(O)c2ccccc12.Cl. The number of nitrogens with two attached hydrogens (primary N) is 1. The van der Waals surface area contributed by atoms with Crippen molar-refractivity contribution in [1.29, 1.82) is 0 Å². The molecule has 0 aliphatic rings. The fraction of sp³-hybridized carbons (Fsp3) is 0.375. The van der Waals surface area contributed by atoms with Gasteiger partial charge in [-0.1, -0.05) is 50.1 Å². The lowest BCUT2D eigenvalue weighted by molar-refractivity contribution is 0.133. The molecule has 0 amide bonds. The van der Waals surface area contributed by atoms with E-state index in [1.807, 2.05) is 24.3 Å². The predicted molar refractivity (Wildman–Crippen MR) is 85.3 cm³/mol. The standard InChI is InChI=1S/C16H21NO2.ClH/c1-2-3-8-15(19)16(17)13-9-10-14(18)12-7-5-4-6-11(12)13;/h4-7,9-10,15-16,18-19H,2-3,8,17H2,1H3;1H/t15-,16+;/m0./s1.